The average Bonchev–Trinajstić information content (AvgIpc) is 2.40. The van der Waals surface area contributed by atoms with E-state index in [-0.39, 0.29) is 5.78 Å². The maximum atomic E-state index is 12.2. The number of nitrogens with zero attached hydrogens (tertiary/aromatic N) is 2. The summed E-state index contributed by atoms with van der Waals surface area (Å²) in [5, 5.41) is 3.94. The lowest BCUT2D eigenvalue weighted by Gasteiger charge is -2.03. The van der Waals surface area contributed by atoms with Crippen LogP contribution in [-0.2, 0) is 6.54 Å². The summed E-state index contributed by atoms with van der Waals surface area (Å²) in [4.78, 5) is 11.5. The van der Waals surface area contributed by atoms with E-state index in [2.05, 4.69) is 5.10 Å². The van der Waals surface area contributed by atoms with Gasteiger partial charge in [0.25, 0.3) is 6.43 Å². The van der Waals surface area contributed by atoms with Crippen molar-refractivity contribution in [2.24, 2.45) is 0 Å². The highest BCUT2D eigenvalue weighted by molar-refractivity contribution is 5.97. The third kappa shape index (κ3) is 2.40. The number of carbonyl (C=O) groups excluding carboxylic acids is 1. The summed E-state index contributed by atoms with van der Waals surface area (Å²) in [5.41, 5.74) is 1.54. The molecule has 84 valence electrons. The second kappa shape index (κ2) is 4.51. The Morgan fingerprint density at radius 1 is 1.47 bits per heavy atom. The van der Waals surface area contributed by atoms with Crippen molar-refractivity contribution in [2.45, 2.75) is 40.2 Å². The zero-order valence-electron chi connectivity index (χ0n) is 9.05. The zero-order valence-corrected chi connectivity index (χ0v) is 9.05. The van der Waals surface area contributed by atoms with Crippen molar-refractivity contribution in [3.05, 3.63) is 17.0 Å². The number of aromatic nitrogens is 2. The molecular formula is C10H14F2N2O. The maximum Gasteiger partial charge on any atom is 0.257 e. The van der Waals surface area contributed by atoms with E-state index in [4.69, 9.17) is 0 Å². The smallest absolute Gasteiger partial charge is 0.257 e. The predicted molar refractivity (Wildman–Crippen MR) is 52.3 cm³/mol. The Labute approximate surface area is 87.1 Å². The first kappa shape index (κ1) is 11.8. The fourth-order valence-electron chi connectivity index (χ4n) is 1.59. The van der Waals surface area contributed by atoms with E-state index < -0.39 is 13.0 Å². The van der Waals surface area contributed by atoms with Gasteiger partial charge in [-0.15, -0.1) is 0 Å². The molecule has 0 saturated carbocycles. The summed E-state index contributed by atoms with van der Waals surface area (Å²) in [6, 6.07) is 0. The van der Waals surface area contributed by atoms with Gasteiger partial charge in [0.1, 0.15) is 6.54 Å². The number of Topliss-reactive ketones (excluding diaryl/α,β-unsaturated/α-hetero) is 1. The number of rotatable bonds is 4. The molecule has 1 heterocycles. The van der Waals surface area contributed by atoms with Crippen LogP contribution in [-0.4, -0.2) is 22.0 Å². The molecule has 1 aromatic heterocycles. The normalized spacial score (nSPS) is 11.1. The number of ketones is 1. The van der Waals surface area contributed by atoms with Crippen LogP contribution in [0.5, 0.6) is 0 Å². The molecule has 0 atom stereocenters. The van der Waals surface area contributed by atoms with Crippen molar-refractivity contribution in [1.82, 2.24) is 9.78 Å². The van der Waals surface area contributed by atoms with Crippen LogP contribution in [0.15, 0.2) is 0 Å². The van der Waals surface area contributed by atoms with Crippen LogP contribution in [0.4, 0.5) is 8.78 Å². The van der Waals surface area contributed by atoms with Crippen LogP contribution in [0.2, 0.25) is 0 Å². The van der Waals surface area contributed by atoms with Crippen LogP contribution in [0, 0.1) is 13.8 Å². The SMILES string of the molecule is CCC(=O)c1c(C)nn(CC(F)F)c1C. The molecule has 5 heteroatoms. The monoisotopic (exact) mass is 216 g/mol. The molecule has 0 amide bonds. The number of halogens is 2. The Morgan fingerprint density at radius 3 is 2.53 bits per heavy atom. The van der Waals surface area contributed by atoms with Crippen molar-refractivity contribution < 1.29 is 13.6 Å². The van der Waals surface area contributed by atoms with Crippen molar-refractivity contribution >= 4 is 5.78 Å². The lowest BCUT2D eigenvalue weighted by atomic mass is 10.1. The first-order valence-electron chi connectivity index (χ1n) is 4.82. The van der Waals surface area contributed by atoms with Crippen LogP contribution < -0.4 is 0 Å². The molecule has 15 heavy (non-hydrogen) atoms. The third-order valence-electron chi connectivity index (χ3n) is 2.29. The van der Waals surface area contributed by atoms with E-state index >= 15 is 0 Å². The minimum atomic E-state index is -2.45. The topological polar surface area (TPSA) is 34.9 Å². The van der Waals surface area contributed by atoms with Gasteiger partial charge in [-0.25, -0.2) is 8.78 Å². The van der Waals surface area contributed by atoms with Gasteiger partial charge < -0.3 is 0 Å². The maximum absolute atomic E-state index is 12.2. The molecule has 0 bridgehead atoms. The van der Waals surface area contributed by atoms with Gasteiger partial charge in [-0.1, -0.05) is 6.92 Å². The van der Waals surface area contributed by atoms with E-state index in [0.29, 0.717) is 23.4 Å². The minimum Gasteiger partial charge on any atom is -0.294 e. The summed E-state index contributed by atoms with van der Waals surface area (Å²) in [6.45, 7) is 4.60. The fraction of sp³-hybridized carbons (Fsp3) is 0.600. The van der Waals surface area contributed by atoms with Gasteiger partial charge >= 0.3 is 0 Å². The Morgan fingerprint density at radius 2 is 2.07 bits per heavy atom. The first-order chi connectivity index (χ1) is 6.97. The van der Waals surface area contributed by atoms with Crippen molar-refractivity contribution in [3.63, 3.8) is 0 Å². The fourth-order valence-corrected chi connectivity index (χ4v) is 1.59. The van der Waals surface area contributed by atoms with Gasteiger partial charge in [-0.2, -0.15) is 5.10 Å². The van der Waals surface area contributed by atoms with E-state index in [1.165, 1.54) is 4.68 Å². The molecule has 3 nitrogen and oxygen atoms in total. The quantitative estimate of drug-likeness (QED) is 0.724. The van der Waals surface area contributed by atoms with Crippen LogP contribution in [0.25, 0.3) is 0 Å². The molecule has 0 fully saturated rings. The summed E-state index contributed by atoms with van der Waals surface area (Å²) in [5.74, 6) is -0.0504. The standard InChI is InChI=1S/C10H14F2N2O/c1-4-8(15)10-6(2)13-14(7(10)3)5-9(11)12/h9H,4-5H2,1-3H3. The molecule has 0 aromatic carbocycles. The average molecular weight is 216 g/mol. The largest absolute Gasteiger partial charge is 0.294 e. The summed E-state index contributed by atoms with van der Waals surface area (Å²) in [7, 11) is 0. The first-order valence-corrected chi connectivity index (χ1v) is 4.82. The molecule has 0 aliphatic carbocycles. The van der Waals surface area contributed by atoms with E-state index in [1.54, 1.807) is 20.8 Å². The highest BCUT2D eigenvalue weighted by atomic mass is 19.3. The molecule has 0 unspecified atom stereocenters. The Kier molecular flexibility index (Phi) is 3.55. The summed E-state index contributed by atoms with van der Waals surface area (Å²) in [6.07, 6.45) is -2.09. The molecule has 0 radical (unpaired) electrons. The van der Waals surface area contributed by atoms with Gasteiger partial charge in [0.05, 0.1) is 11.3 Å². The number of carbonyl (C=O) groups is 1. The molecule has 1 aromatic rings. The summed E-state index contributed by atoms with van der Waals surface area (Å²) < 4.78 is 25.6. The molecule has 0 N–H and O–H groups in total. The van der Waals surface area contributed by atoms with Gasteiger partial charge in [0, 0.05) is 12.1 Å². The van der Waals surface area contributed by atoms with Crippen molar-refractivity contribution in [3.8, 4) is 0 Å². The number of hydrogen-bond donors (Lipinski definition) is 0. The highest BCUT2D eigenvalue weighted by Gasteiger charge is 2.18. The van der Waals surface area contributed by atoms with Crippen LogP contribution in [0.3, 0.4) is 0 Å². The number of hydrogen-bond acceptors (Lipinski definition) is 2. The molecule has 0 aliphatic heterocycles. The Hall–Kier alpha value is -1.26. The van der Waals surface area contributed by atoms with Gasteiger partial charge in [-0.3, -0.25) is 9.48 Å². The minimum absolute atomic E-state index is 0.0504. The molecular weight excluding hydrogens is 202 g/mol. The zero-order chi connectivity index (χ0) is 11.6. The number of aryl methyl sites for hydroxylation is 1. The lowest BCUT2D eigenvalue weighted by molar-refractivity contribution is 0.0985. The van der Waals surface area contributed by atoms with Gasteiger partial charge in [0.2, 0.25) is 0 Å². The second-order valence-electron chi connectivity index (χ2n) is 3.40. The third-order valence-corrected chi connectivity index (χ3v) is 2.29. The van der Waals surface area contributed by atoms with E-state index in [9.17, 15) is 13.6 Å². The molecule has 0 saturated heterocycles. The number of alkyl halides is 2. The van der Waals surface area contributed by atoms with Crippen molar-refractivity contribution in [2.75, 3.05) is 0 Å². The molecule has 0 aliphatic rings. The lowest BCUT2D eigenvalue weighted by Crippen LogP contribution is -2.10. The molecule has 0 spiro atoms. The van der Waals surface area contributed by atoms with E-state index in [0.717, 1.165) is 0 Å². The van der Waals surface area contributed by atoms with Gasteiger partial charge in [0.15, 0.2) is 5.78 Å². The highest BCUT2D eigenvalue weighted by Crippen LogP contribution is 2.16. The Bertz CT molecular complexity index is 372. The Balaban J connectivity index is 3.09. The van der Waals surface area contributed by atoms with E-state index in [1.807, 2.05) is 0 Å². The second-order valence-corrected chi connectivity index (χ2v) is 3.40. The van der Waals surface area contributed by atoms with Crippen LogP contribution >= 0.6 is 0 Å². The predicted octanol–water partition coefficient (Wildman–Crippen LogP) is 2.36. The molecule has 1 rings (SSSR count). The summed E-state index contributed by atoms with van der Waals surface area (Å²) >= 11 is 0. The van der Waals surface area contributed by atoms with Gasteiger partial charge in [-0.05, 0) is 13.8 Å². The van der Waals surface area contributed by atoms with Crippen molar-refractivity contribution in [1.29, 1.82) is 0 Å². The van der Waals surface area contributed by atoms with Crippen LogP contribution in [0.1, 0.15) is 35.1 Å².